The highest BCUT2D eigenvalue weighted by Crippen LogP contribution is 2.15. The van der Waals surface area contributed by atoms with Crippen LogP contribution in [-0.2, 0) is 27.4 Å². The second-order valence-electron chi connectivity index (χ2n) is 7.91. The quantitative estimate of drug-likeness (QED) is 0.487. The first kappa shape index (κ1) is 24.9. The number of carbonyl (C=O) groups excluding carboxylic acids is 2. The summed E-state index contributed by atoms with van der Waals surface area (Å²) in [6, 6.07) is 16.9. The molecule has 8 heteroatoms. The minimum atomic E-state index is -1.49. The van der Waals surface area contributed by atoms with Gasteiger partial charge in [0.2, 0.25) is 0 Å². The van der Waals surface area contributed by atoms with E-state index < -0.39 is 30.1 Å². The Hall–Kier alpha value is -3.39. The molecule has 0 aliphatic heterocycles. The van der Waals surface area contributed by atoms with Gasteiger partial charge >= 0.3 is 12.1 Å². The van der Waals surface area contributed by atoms with Crippen LogP contribution in [0.15, 0.2) is 60.7 Å². The van der Waals surface area contributed by atoms with Crippen LogP contribution < -0.4 is 5.43 Å². The first-order valence-electron chi connectivity index (χ1n) is 10.5. The van der Waals surface area contributed by atoms with Crippen molar-refractivity contribution in [3.8, 4) is 0 Å². The zero-order valence-electron chi connectivity index (χ0n) is 18.3. The first-order valence-corrected chi connectivity index (χ1v) is 10.5. The number of aliphatic hydroxyl groups is 1. The normalized spacial score (nSPS) is 12.6. The number of carboxylic acid groups (broad SMARTS) is 1. The zero-order chi connectivity index (χ0) is 23.5. The topological polar surface area (TPSA) is 116 Å². The Bertz CT molecular complexity index is 873. The van der Waals surface area contributed by atoms with Crippen LogP contribution in [0, 0.1) is 5.92 Å². The predicted octanol–water partition coefficient (Wildman–Crippen LogP) is 3.15. The lowest BCUT2D eigenvalue weighted by atomic mass is 10.0. The molecule has 0 unspecified atom stereocenters. The standard InChI is InChI=1S/C24H30N2O6/c1-17(2)15-20(23(29)30)26(25-24(31)32-16-19-11-7-4-8-12-19)22(28)21(27)14-13-18-9-5-3-6-10-18/h3-12,17,20-21,27H,13-16H2,1-2H3,(H,25,31)(H,29,30)/t20-,21-/m0/s1. The van der Waals surface area contributed by atoms with Crippen molar-refractivity contribution < 1.29 is 29.3 Å². The Labute approximate surface area is 187 Å². The van der Waals surface area contributed by atoms with Crippen molar-refractivity contribution in [2.45, 2.75) is 51.9 Å². The number of ether oxygens (including phenoxy) is 1. The van der Waals surface area contributed by atoms with E-state index in [1.807, 2.05) is 36.4 Å². The molecule has 0 aliphatic rings. The van der Waals surface area contributed by atoms with E-state index in [-0.39, 0.29) is 25.4 Å². The third kappa shape index (κ3) is 8.03. The molecule has 0 radical (unpaired) electrons. The Kier molecular flexibility index (Phi) is 9.69. The van der Waals surface area contributed by atoms with Crippen molar-refractivity contribution in [2.24, 2.45) is 5.92 Å². The lowest BCUT2D eigenvalue weighted by molar-refractivity contribution is -0.158. The average molecular weight is 443 g/mol. The molecular formula is C24H30N2O6. The van der Waals surface area contributed by atoms with E-state index in [1.165, 1.54) is 0 Å². The maximum absolute atomic E-state index is 12.9. The fraction of sp³-hybridized carbons (Fsp3) is 0.375. The van der Waals surface area contributed by atoms with Gasteiger partial charge in [-0.2, -0.15) is 0 Å². The van der Waals surface area contributed by atoms with Gasteiger partial charge in [-0.15, -0.1) is 0 Å². The fourth-order valence-electron chi connectivity index (χ4n) is 3.14. The molecule has 2 atom stereocenters. The van der Waals surface area contributed by atoms with E-state index >= 15 is 0 Å². The van der Waals surface area contributed by atoms with Gasteiger partial charge in [0.05, 0.1) is 0 Å². The number of nitrogens with zero attached hydrogens (tertiary/aromatic N) is 1. The van der Waals surface area contributed by atoms with E-state index in [9.17, 15) is 24.6 Å². The van der Waals surface area contributed by atoms with Gasteiger partial charge in [0.25, 0.3) is 5.91 Å². The van der Waals surface area contributed by atoms with Gasteiger partial charge in [-0.05, 0) is 36.3 Å². The second kappa shape index (κ2) is 12.5. The van der Waals surface area contributed by atoms with Gasteiger partial charge in [-0.1, -0.05) is 74.5 Å². The number of hydrogen-bond donors (Lipinski definition) is 3. The number of hydrazine groups is 1. The summed E-state index contributed by atoms with van der Waals surface area (Å²) in [5.41, 5.74) is 3.90. The number of carboxylic acids is 1. The molecule has 172 valence electrons. The van der Waals surface area contributed by atoms with Gasteiger partial charge < -0.3 is 14.9 Å². The summed E-state index contributed by atoms with van der Waals surface area (Å²) in [4.78, 5) is 37.2. The number of rotatable bonds is 10. The number of aliphatic carboxylic acids is 1. The number of benzene rings is 2. The van der Waals surface area contributed by atoms with E-state index in [0.29, 0.717) is 11.4 Å². The van der Waals surface area contributed by atoms with Crippen LogP contribution in [0.3, 0.4) is 0 Å². The van der Waals surface area contributed by atoms with Crippen LogP contribution in [0.5, 0.6) is 0 Å². The molecule has 2 rings (SSSR count). The Morgan fingerprint density at radius 2 is 1.53 bits per heavy atom. The van der Waals surface area contributed by atoms with Crippen molar-refractivity contribution >= 4 is 18.0 Å². The average Bonchev–Trinajstić information content (AvgIpc) is 2.79. The summed E-state index contributed by atoms with van der Waals surface area (Å²) in [5, 5.41) is 20.8. The summed E-state index contributed by atoms with van der Waals surface area (Å²) in [6.07, 6.45) is -1.88. The first-order chi connectivity index (χ1) is 15.3. The number of carbonyl (C=O) groups is 3. The second-order valence-corrected chi connectivity index (χ2v) is 7.91. The molecule has 0 heterocycles. The van der Waals surface area contributed by atoms with Crippen molar-refractivity contribution in [1.82, 2.24) is 10.4 Å². The van der Waals surface area contributed by atoms with Crippen LogP contribution in [0.2, 0.25) is 0 Å². The summed E-state index contributed by atoms with van der Waals surface area (Å²) < 4.78 is 5.13. The highest BCUT2D eigenvalue weighted by atomic mass is 16.6. The third-order valence-corrected chi connectivity index (χ3v) is 4.79. The van der Waals surface area contributed by atoms with Crippen molar-refractivity contribution in [3.05, 3.63) is 71.8 Å². The molecule has 0 saturated heterocycles. The molecule has 0 bridgehead atoms. The maximum Gasteiger partial charge on any atom is 0.426 e. The van der Waals surface area contributed by atoms with Gasteiger partial charge in [-0.3, -0.25) is 4.79 Å². The van der Waals surface area contributed by atoms with Gasteiger partial charge in [0.1, 0.15) is 12.7 Å². The van der Waals surface area contributed by atoms with Gasteiger partial charge in [-0.25, -0.2) is 20.0 Å². The number of aliphatic hydroxyl groups excluding tert-OH is 1. The number of aryl methyl sites for hydroxylation is 1. The Morgan fingerprint density at radius 1 is 0.969 bits per heavy atom. The highest BCUT2D eigenvalue weighted by molar-refractivity contribution is 5.87. The molecule has 2 aromatic carbocycles. The molecule has 0 aliphatic carbocycles. The van der Waals surface area contributed by atoms with Crippen LogP contribution in [-0.4, -0.2) is 45.3 Å². The van der Waals surface area contributed by atoms with E-state index in [2.05, 4.69) is 5.43 Å². The number of amides is 2. The molecule has 0 spiro atoms. The molecule has 2 amide bonds. The minimum absolute atomic E-state index is 0.0484. The Balaban J connectivity index is 2.10. The molecule has 0 fully saturated rings. The SMILES string of the molecule is CC(C)C[C@@H](C(=O)O)N(NC(=O)OCc1ccccc1)C(=O)[C@@H](O)CCc1ccccc1. The van der Waals surface area contributed by atoms with Crippen LogP contribution >= 0.6 is 0 Å². The zero-order valence-corrected chi connectivity index (χ0v) is 18.3. The molecule has 0 saturated carbocycles. The highest BCUT2D eigenvalue weighted by Gasteiger charge is 2.35. The molecule has 32 heavy (non-hydrogen) atoms. The molecule has 2 aromatic rings. The predicted molar refractivity (Wildman–Crippen MR) is 118 cm³/mol. The lowest BCUT2D eigenvalue weighted by Crippen LogP contribution is -2.58. The maximum atomic E-state index is 12.9. The van der Waals surface area contributed by atoms with Gasteiger partial charge in [0.15, 0.2) is 6.04 Å². The monoisotopic (exact) mass is 442 g/mol. The third-order valence-electron chi connectivity index (χ3n) is 4.79. The smallest absolute Gasteiger partial charge is 0.426 e. The molecule has 0 aromatic heterocycles. The Morgan fingerprint density at radius 3 is 2.06 bits per heavy atom. The van der Waals surface area contributed by atoms with Crippen molar-refractivity contribution in [2.75, 3.05) is 0 Å². The summed E-state index contributed by atoms with van der Waals surface area (Å²) in [6.45, 7) is 3.56. The van der Waals surface area contributed by atoms with Gasteiger partial charge in [0, 0.05) is 0 Å². The lowest BCUT2D eigenvalue weighted by Gasteiger charge is -2.31. The fourth-order valence-corrected chi connectivity index (χ4v) is 3.14. The minimum Gasteiger partial charge on any atom is -0.480 e. The van der Waals surface area contributed by atoms with Crippen LogP contribution in [0.4, 0.5) is 4.79 Å². The van der Waals surface area contributed by atoms with Crippen LogP contribution in [0.25, 0.3) is 0 Å². The molecule has 3 N–H and O–H groups in total. The van der Waals surface area contributed by atoms with Crippen LogP contribution in [0.1, 0.15) is 37.8 Å². The number of nitrogens with one attached hydrogen (secondary N) is 1. The van der Waals surface area contributed by atoms with Crippen molar-refractivity contribution in [1.29, 1.82) is 0 Å². The van der Waals surface area contributed by atoms with E-state index in [0.717, 1.165) is 11.1 Å². The van der Waals surface area contributed by atoms with E-state index in [4.69, 9.17) is 4.74 Å². The van der Waals surface area contributed by atoms with Crippen molar-refractivity contribution in [3.63, 3.8) is 0 Å². The summed E-state index contributed by atoms with van der Waals surface area (Å²) >= 11 is 0. The number of hydrogen-bond acceptors (Lipinski definition) is 5. The summed E-state index contributed by atoms with van der Waals surface area (Å²) in [5.74, 6) is -2.26. The largest absolute Gasteiger partial charge is 0.480 e. The molecular weight excluding hydrogens is 412 g/mol. The molecule has 8 nitrogen and oxygen atoms in total. The summed E-state index contributed by atoms with van der Waals surface area (Å²) in [7, 11) is 0. The van der Waals surface area contributed by atoms with E-state index in [1.54, 1.807) is 38.1 Å².